The number of anilines is 3. The Balaban J connectivity index is 1.35. The Hall–Kier alpha value is -3.80. The molecule has 0 atom stereocenters. The molecule has 0 aliphatic rings. The van der Waals surface area contributed by atoms with Crippen LogP contribution in [-0.2, 0) is 6.54 Å². The van der Waals surface area contributed by atoms with Crippen LogP contribution in [0.2, 0.25) is 0 Å². The first-order valence-electron chi connectivity index (χ1n) is 9.22. The third kappa shape index (κ3) is 3.16. The first-order chi connectivity index (χ1) is 13.7. The smallest absolute Gasteiger partial charge is 0.229 e. The van der Waals surface area contributed by atoms with Crippen molar-refractivity contribution in [1.82, 2.24) is 19.9 Å². The summed E-state index contributed by atoms with van der Waals surface area (Å²) in [4.78, 5) is 15.4. The van der Waals surface area contributed by atoms with E-state index in [1.807, 2.05) is 18.5 Å². The molecule has 0 saturated heterocycles. The molecule has 6 heteroatoms. The Kier molecular flexibility index (Phi) is 3.94. The molecule has 138 valence electrons. The zero-order valence-corrected chi connectivity index (χ0v) is 15.5. The second kappa shape index (κ2) is 6.74. The summed E-state index contributed by atoms with van der Waals surface area (Å²) in [6, 6.07) is 16.6. The Morgan fingerprint density at radius 3 is 2.79 bits per heavy atom. The fourth-order valence-corrected chi connectivity index (χ4v) is 3.46. The van der Waals surface area contributed by atoms with Crippen LogP contribution >= 0.6 is 0 Å². The normalized spacial score (nSPS) is 11.2. The summed E-state index contributed by atoms with van der Waals surface area (Å²) < 4.78 is 0. The van der Waals surface area contributed by atoms with Crippen molar-refractivity contribution in [3.8, 4) is 0 Å². The van der Waals surface area contributed by atoms with Gasteiger partial charge in [-0.3, -0.25) is 0 Å². The molecule has 28 heavy (non-hydrogen) atoms. The number of benzene rings is 2. The van der Waals surface area contributed by atoms with E-state index in [9.17, 15) is 0 Å². The molecular formula is C22H20N6. The van der Waals surface area contributed by atoms with Crippen molar-refractivity contribution in [2.45, 2.75) is 13.5 Å². The first-order valence-corrected chi connectivity index (χ1v) is 9.22. The fourth-order valence-electron chi connectivity index (χ4n) is 3.46. The van der Waals surface area contributed by atoms with Gasteiger partial charge in [0.15, 0.2) is 0 Å². The fraction of sp³-hybridized carbons (Fsp3) is 0.0909. The van der Waals surface area contributed by atoms with Gasteiger partial charge in [-0.1, -0.05) is 6.07 Å². The molecule has 5 rings (SSSR count). The van der Waals surface area contributed by atoms with E-state index in [2.05, 4.69) is 80.0 Å². The average Bonchev–Trinajstić information content (AvgIpc) is 3.35. The van der Waals surface area contributed by atoms with Crippen LogP contribution in [0.1, 0.15) is 11.1 Å². The molecule has 6 nitrogen and oxygen atoms in total. The lowest BCUT2D eigenvalue weighted by atomic mass is 10.1. The van der Waals surface area contributed by atoms with Crippen LogP contribution in [0.5, 0.6) is 0 Å². The van der Waals surface area contributed by atoms with Gasteiger partial charge in [-0.05, 0) is 65.9 Å². The highest BCUT2D eigenvalue weighted by Crippen LogP contribution is 2.26. The molecule has 0 unspecified atom stereocenters. The van der Waals surface area contributed by atoms with E-state index in [1.54, 1.807) is 6.20 Å². The second-order valence-electron chi connectivity index (χ2n) is 6.89. The van der Waals surface area contributed by atoms with Gasteiger partial charge in [-0.15, -0.1) is 0 Å². The van der Waals surface area contributed by atoms with Crippen molar-refractivity contribution in [3.63, 3.8) is 0 Å². The van der Waals surface area contributed by atoms with Crippen LogP contribution in [0.15, 0.2) is 67.1 Å². The molecule has 0 aliphatic carbocycles. The number of hydrogen-bond donors (Lipinski definition) is 4. The predicted molar refractivity (Wildman–Crippen MR) is 114 cm³/mol. The molecular weight excluding hydrogens is 348 g/mol. The highest BCUT2D eigenvalue weighted by atomic mass is 15.1. The first kappa shape index (κ1) is 16.4. The van der Waals surface area contributed by atoms with E-state index >= 15 is 0 Å². The van der Waals surface area contributed by atoms with Crippen LogP contribution in [-0.4, -0.2) is 19.9 Å². The minimum absolute atomic E-state index is 0.569. The number of rotatable bonds is 5. The summed E-state index contributed by atoms with van der Waals surface area (Å²) in [7, 11) is 0. The Morgan fingerprint density at radius 1 is 0.929 bits per heavy atom. The number of aryl methyl sites for hydroxylation is 1. The van der Waals surface area contributed by atoms with Gasteiger partial charge in [-0.2, -0.15) is 4.98 Å². The lowest BCUT2D eigenvalue weighted by Crippen LogP contribution is -2.04. The lowest BCUT2D eigenvalue weighted by Gasteiger charge is -2.10. The lowest BCUT2D eigenvalue weighted by molar-refractivity contribution is 1.09. The summed E-state index contributed by atoms with van der Waals surface area (Å²) in [5.74, 6) is 1.35. The molecule has 5 aromatic rings. The van der Waals surface area contributed by atoms with Crippen molar-refractivity contribution in [2.24, 2.45) is 0 Å². The van der Waals surface area contributed by atoms with Gasteiger partial charge in [0.2, 0.25) is 5.95 Å². The van der Waals surface area contributed by atoms with Gasteiger partial charge in [0.05, 0.1) is 5.69 Å². The van der Waals surface area contributed by atoms with E-state index < -0.39 is 0 Å². The van der Waals surface area contributed by atoms with Gasteiger partial charge in [0, 0.05) is 41.6 Å². The van der Waals surface area contributed by atoms with Gasteiger partial charge in [0.25, 0.3) is 0 Å². The number of nitrogens with one attached hydrogen (secondary N) is 4. The standard InChI is InChI=1S/C22H20N6/c1-14-10-19-17(5-8-24-19)20(11-14)27-22-25-9-6-21(28-22)26-13-15-2-3-18-16(12-15)4-7-23-18/h2-12,23-24H,13H2,1H3,(H2,25,26,27,28). The molecule has 4 N–H and O–H groups in total. The highest BCUT2D eigenvalue weighted by molar-refractivity contribution is 5.93. The number of nitrogens with zero attached hydrogens (tertiary/aromatic N) is 2. The molecule has 2 aromatic carbocycles. The number of aromatic amines is 2. The predicted octanol–water partition coefficient (Wildman–Crippen LogP) is 5.10. The quantitative estimate of drug-likeness (QED) is 0.348. The summed E-state index contributed by atoms with van der Waals surface area (Å²) in [6.45, 7) is 2.77. The van der Waals surface area contributed by atoms with Crippen LogP contribution < -0.4 is 10.6 Å². The second-order valence-corrected chi connectivity index (χ2v) is 6.89. The van der Waals surface area contributed by atoms with E-state index in [4.69, 9.17) is 0 Å². The molecule has 0 aliphatic heterocycles. The average molecular weight is 368 g/mol. The van der Waals surface area contributed by atoms with Crippen LogP contribution in [0.4, 0.5) is 17.5 Å². The van der Waals surface area contributed by atoms with Gasteiger partial charge in [-0.25, -0.2) is 4.98 Å². The van der Waals surface area contributed by atoms with Crippen LogP contribution in [0.3, 0.4) is 0 Å². The van der Waals surface area contributed by atoms with E-state index in [-0.39, 0.29) is 0 Å². The maximum atomic E-state index is 4.61. The topological polar surface area (TPSA) is 81.4 Å². The summed E-state index contributed by atoms with van der Waals surface area (Å²) >= 11 is 0. The maximum Gasteiger partial charge on any atom is 0.229 e. The number of H-pyrrole nitrogens is 2. The van der Waals surface area contributed by atoms with Crippen molar-refractivity contribution in [1.29, 1.82) is 0 Å². The summed E-state index contributed by atoms with van der Waals surface area (Å²) in [5.41, 5.74) is 5.61. The van der Waals surface area contributed by atoms with Crippen LogP contribution in [0.25, 0.3) is 21.8 Å². The van der Waals surface area contributed by atoms with Gasteiger partial charge < -0.3 is 20.6 Å². The van der Waals surface area contributed by atoms with Crippen LogP contribution in [0, 0.1) is 6.92 Å². The summed E-state index contributed by atoms with van der Waals surface area (Å²) in [5, 5.41) is 9.05. The molecule has 0 radical (unpaired) electrons. The largest absolute Gasteiger partial charge is 0.366 e. The van der Waals surface area contributed by atoms with Crippen molar-refractivity contribution < 1.29 is 0 Å². The van der Waals surface area contributed by atoms with Crippen molar-refractivity contribution >= 4 is 39.3 Å². The number of fused-ring (bicyclic) bond motifs is 2. The van der Waals surface area contributed by atoms with E-state index in [0.717, 1.165) is 27.9 Å². The monoisotopic (exact) mass is 368 g/mol. The Bertz CT molecular complexity index is 1270. The van der Waals surface area contributed by atoms with E-state index in [1.165, 1.54) is 16.5 Å². The number of aromatic nitrogens is 4. The Morgan fingerprint density at radius 2 is 1.82 bits per heavy atom. The number of hydrogen-bond acceptors (Lipinski definition) is 4. The summed E-state index contributed by atoms with van der Waals surface area (Å²) in [6.07, 6.45) is 5.66. The van der Waals surface area contributed by atoms with Gasteiger partial charge >= 0.3 is 0 Å². The van der Waals surface area contributed by atoms with E-state index in [0.29, 0.717) is 12.5 Å². The maximum absolute atomic E-state index is 4.61. The molecule has 0 bridgehead atoms. The van der Waals surface area contributed by atoms with Crippen molar-refractivity contribution in [3.05, 3.63) is 78.2 Å². The minimum atomic E-state index is 0.569. The molecule has 3 heterocycles. The molecule has 0 saturated carbocycles. The molecule has 0 amide bonds. The van der Waals surface area contributed by atoms with Crippen molar-refractivity contribution in [2.75, 3.05) is 10.6 Å². The van der Waals surface area contributed by atoms with Gasteiger partial charge in [0.1, 0.15) is 5.82 Å². The Labute approximate surface area is 162 Å². The molecule has 0 spiro atoms. The third-order valence-electron chi connectivity index (χ3n) is 4.81. The molecule has 3 aromatic heterocycles. The SMILES string of the molecule is Cc1cc(Nc2nccc(NCc3ccc4[nH]ccc4c3)n2)c2cc[nH]c2c1. The molecule has 0 fully saturated rings. The zero-order valence-electron chi connectivity index (χ0n) is 15.5. The minimum Gasteiger partial charge on any atom is -0.366 e. The third-order valence-corrected chi connectivity index (χ3v) is 4.81. The zero-order chi connectivity index (χ0) is 18.9. The highest BCUT2D eigenvalue weighted by Gasteiger charge is 2.06.